The smallest absolute Gasteiger partial charge is 0.416 e. The van der Waals surface area contributed by atoms with Crippen LogP contribution in [-0.4, -0.2) is 68.1 Å². The van der Waals surface area contributed by atoms with E-state index in [1.54, 1.807) is 41.0 Å². The van der Waals surface area contributed by atoms with E-state index in [4.69, 9.17) is 32.7 Å². The second kappa shape index (κ2) is 13.6. The minimum absolute atomic E-state index is 0.0695. The van der Waals surface area contributed by atoms with Gasteiger partial charge in [0, 0.05) is 48.9 Å². The monoisotopic (exact) mass is 664 g/mol. The van der Waals surface area contributed by atoms with Gasteiger partial charge in [-0.3, -0.25) is 20.2 Å². The molecule has 2 fully saturated rings. The summed E-state index contributed by atoms with van der Waals surface area (Å²) in [6.07, 6.45) is -4.62. The minimum atomic E-state index is -4.62. The third-order valence-electron chi connectivity index (χ3n) is 8.06. The van der Waals surface area contributed by atoms with Gasteiger partial charge in [0.15, 0.2) is 5.66 Å². The Morgan fingerprint density at radius 3 is 1.84 bits per heavy atom. The highest BCUT2D eigenvalue weighted by atomic mass is 35.5. The molecule has 2 saturated heterocycles. The van der Waals surface area contributed by atoms with Gasteiger partial charge in [-0.1, -0.05) is 53.5 Å². The SMILES string of the molecule is CCOc1cc(C(F)(F)F)ccc1C1(C(=O)N2CCN(C(=O)COC)CC2)NC(c2ccc(Cl)cc2)C(c2ccc(Cl)cc2)N1. The van der Waals surface area contributed by atoms with Crippen molar-refractivity contribution in [3.63, 3.8) is 0 Å². The number of methoxy groups -OCH3 is 1. The lowest BCUT2D eigenvalue weighted by Gasteiger charge is -2.40. The van der Waals surface area contributed by atoms with Gasteiger partial charge in [0.2, 0.25) is 5.91 Å². The molecule has 0 aliphatic carbocycles. The molecule has 240 valence electrons. The first-order chi connectivity index (χ1) is 21.5. The maximum atomic E-state index is 14.8. The Morgan fingerprint density at radius 1 is 0.867 bits per heavy atom. The van der Waals surface area contributed by atoms with Crippen molar-refractivity contribution in [1.82, 2.24) is 20.4 Å². The number of nitrogens with one attached hydrogen (secondary N) is 2. The van der Waals surface area contributed by atoms with Crippen molar-refractivity contribution >= 4 is 35.0 Å². The van der Waals surface area contributed by atoms with Gasteiger partial charge in [-0.15, -0.1) is 0 Å². The van der Waals surface area contributed by atoms with E-state index >= 15 is 0 Å². The molecule has 13 heteroatoms. The standard InChI is InChI=1S/C32H33Cl2F3N4O4/c1-3-45-26-18-22(32(35,36)37)8-13-25(26)31(30(43)41-16-14-40(15-17-41)27(42)19-44-2)38-28(20-4-9-23(33)10-5-20)29(39-31)21-6-11-24(34)12-7-21/h4-13,18,28-29,38-39H,3,14-17,19H2,1-2H3. The number of nitrogens with zero attached hydrogens (tertiary/aromatic N) is 2. The second-order valence-corrected chi connectivity index (χ2v) is 11.7. The zero-order valence-corrected chi connectivity index (χ0v) is 26.2. The topological polar surface area (TPSA) is 83.1 Å². The molecular weight excluding hydrogens is 632 g/mol. The molecule has 3 aromatic rings. The zero-order chi connectivity index (χ0) is 32.4. The zero-order valence-electron chi connectivity index (χ0n) is 24.7. The Morgan fingerprint density at radius 2 is 1.38 bits per heavy atom. The number of amides is 2. The van der Waals surface area contributed by atoms with Crippen molar-refractivity contribution in [2.45, 2.75) is 30.8 Å². The molecule has 2 aliphatic rings. The number of carbonyl (C=O) groups excluding carboxylic acids is 2. The minimum Gasteiger partial charge on any atom is -0.493 e. The number of carbonyl (C=O) groups is 2. The van der Waals surface area contributed by atoms with Crippen LogP contribution in [0.5, 0.6) is 5.75 Å². The number of hydrogen-bond donors (Lipinski definition) is 2. The van der Waals surface area contributed by atoms with Crippen molar-refractivity contribution in [3.05, 3.63) is 99.0 Å². The highest BCUT2D eigenvalue weighted by Gasteiger charge is 2.55. The van der Waals surface area contributed by atoms with E-state index in [2.05, 4.69) is 10.6 Å². The van der Waals surface area contributed by atoms with Crippen molar-refractivity contribution in [2.24, 2.45) is 0 Å². The van der Waals surface area contributed by atoms with Crippen LogP contribution in [0, 0.1) is 0 Å². The predicted molar refractivity (Wildman–Crippen MR) is 164 cm³/mol. The molecule has 5 rings (SSSR count). The summed E-state index contributed by atoms with van der Waals surface area (Å²) in [5.41, 5.74) is -0.829. The van der Waals surface area contributed by atoms with Crippen LogP contribution in [0.25, 0.3) is 0 Å². The fourth-order valence-electron chi connectivity index (χ4n) is 5.86. The highest BCUT2D eigenvalue weighted by Crippen LogP contribution is 2.46. The second-order valence-electron chi connectivity index (χ2n) is 10.8. The summed E-state index contributed by atoms with van der Waals surface area (Å²) in [6.45, 7) is 2.63. The van der Waals surface area contributed by atoms with E-state index in [0.29, 0.717) is 10.0 Å². The number of hydrogen-bond acceptors (Lipinski definition) is 6. The van der Waals surface area contributed by atoms with Crippen molar-refractivity contribution < 1.29 is 32.2 Å². The first kappa shape index (κ1) is 33.0. The normalized spacial score (nSPS) is 22.0. The lowest BCUT2D eigenvalue weighted by atomic mass is 9.94. The van der Waals surface area contributed by atoms with Crippen molar-refractivity contribution in [2.75, 3.05) is 46.5 Å². The predicted octanol–water partition coefficient (Wildman–Crippen LogP) is 5.56. The van der Waals surface area contributed by atoms with E-state index in [1.165, 1.54) is 13.2 Å². The molecule has 2 N–H and O–H groups in total. The average Bonchev–Trinajstić information content (AvgIpc) is 3.43. The van der Waals surface area contributed by atoms with Gasteiger partial charge in [-0.2, -0.15) is 13.2 Å². The third-order valence-corrected chi connectivity index (χ3v) is 8.56. The van der Waals surface area contributed by atoms with Crippen LogP contribution in [0.2, 0.25) is 10.0 Å². The maximum Gasteiger partial charge on any atom is 0.416 e. The van der Waals surface area contributed by atoms with Gasteiger partial charge < -0.3 is 19.3 Å². The summed E-state index contributed by atoms with van der Waals surface area (Å²) in [7, 11) is 1.44. The Hall–Kier alpha value is -3.35. The van der Waals surface area contributed by atoms with Gasteiger partial charge in [0.25, 0.3) is 5.91 Å². The first-order valence-electron chi connectivity index (χ1n) is 14.4. The molecule has 2 amide bonds. The molecule has 0 bridgehead atoms. The Bertz CT molecular complexity index is 1460. The van der Waals surface area contributed by atoms with Crippen molar-refractivity contribution in [3.8, 4) is 5.75 Å². The molecular formula is C32H33Cl2F3N4O4. The molecule has 45 heavy (non-hydrogen) atoms. The molecule has 2 unspecified atom stereocenters. The Balaban J connectivity index is 1.63. The number of halogens is 5. The van der Waals surface area contributed by atoms with Crippen LogP contribution in [0.1, 0.15) is 41.3 Å². The number of piperazine rings is 1. The van der Waals surface area contributed by atoms with Crippen LogP contribution in [-0.2, 0) is 26.2 Å². The number of ether oxygens (including phenoxy) is 2. The molecule has 0 aromatic heterocycles. The number of alkyl halides is 3. The van der Waals surface area contributed by atoms with Crippen molar-refractivity contribution in [1.29, 1.82) is 0 Å². The maximum absolute atomic E-state index is 14.8. The van der Waals surface area contributed by atoms with Gasteiger partial charge >= 0.3 is 6.18 Å². The molecule has 3 aromatic carbocycles. The highest BCUT2D eigenvalue weighted by molar-refractivity contribution is 6.30. The van der Waals surface area contributed by atoms with E-state index < -0.39 is 35.4 Å². The molecule has 0 saturated carbocycles. The van der Waals surface area contributed by atoms with Gasteiger partial charge in [-0.25, -0.2) is 0 Å². The lowest BCUT2D eigenvalue weighted by molar-refractivity contribution is -0.146. The molecule has 0 radical (unpaired) electrons. The van der Waals surface area contributed by atoms with E-state index in [1.807, 2.05) is 24.3 Å². The summed E-state index contributed by atoms with van der Waals surface area (Å²) in [5.74, 6) is -0.693. The van der Waals surface area contributed by atoms with Gasteiger partial charge in [-0.05, 0) is 54.4 Å². The third kappa shape index (κ3) is 6.92. The molecule has 2 heterocycles. The van der Waals surface area contributed by atoms with Crippen LogP contribution in [0.3, 0.4) is 0 Å². The summed E-state index contributed by atoms with van der Waals surface area (Å²) in [6, 6.07) is 16.4. The molecule has 8 nitrogen and oxygen atoms in total. The quantitative estimate of drug-likeness (QED) is 0.328. The molecule has 2 atom stereocenters. The Labute approximate surface area is 269 Å². The van der Waals surface area contributed by atoms with Crippen LogP contribution in [0.4, 0.5) is 13.2 Å². The summed E-state index contributed by atoms with van der Waals surface area (Å²) in [5, 5.41) is 8.03. The van der Waals surface area contributed by atoms with Crippen LogP contribution >= 0.6 is 23.2 Å². The van der Waals surface area contributed by atoms with Gasteiger partial charge in [0.05, 0.1) is 24.3 Å². The average molecular weight is 666 g/mol. The van der Waals surface area contributed by atoms with Gasteiger partial charge in [0.1, 0.15) is 12.4 Å². The van der Waals surface area contributed by atoms with Crippen LogP contribution in [0.15, 0.2) is 66.7 Å². The molecule has 0 spiro atoms. The van der Waals surface area contributed by atoms with E-state index in [-0.39, 0.29) is 56.6 Å². The number of rotatable bonds is 8. The first-order valence-corrected chi connectivity index (χ1v) is 15.2. The summed E-state index contributed by atoms with van der Waals surface area (Å²) >= 11 is 12.4. The van der Waals surface area contributed by atoms with Crippen LogP contribution < -0.4 is 15.4 Å². The fraction of sp³-hybridized carbons (Fsp3) is 0.375. The summed E-state index contributed by atoms with van der Waals surface area (Å²) in [4.78, 5) is 30.4. The lowest BCUT2D eigenvalue weighted by Crippen LogP contribution is -2.62. The summed E-state index contributed by atoms with van der Waals surface area (Å²) < 4.78 is 52.2. The van der Waals surface area contributed by atoms with E-state index in [9.17, 15) is 22.8 Å². The number of benzene rings is 3. The largest absolute Gasteiger partial charge is 0.493 e. The molecule has 2 aliphatic heterocycles. The Kier molecular flexibility index (Phi) is 9.95. The fourth-order valence-corrected chi connectivity index (χ4v) is 6.11. The van der Waals surface area contributed by atoms with E-state index in [0.717, 1.165) is 23.3 Å².